The topological polar surface area (TPSA) is 58.6 Å². The van der Waals surface area contributed by atoms with E-state index in [0.29, 0.717) is 6.54 Å². The summed E-state index contributed by atoms with van der Waals surface area (Å²) >= 11 is 0. The molecular formula is C12H17NO3. The predicted octanol–water partition coefficient (Wildman–Crippen LogP) is 1.68. The minimum atomic E-state index is -0.664. The number of amides is 1. The first-order valence-electron chi connectivity index (χ1n) is 5.26. The van der Waals surface area contributed by atoms with E-state index in [1.165, 1.54) is 0 Å². The van der Waals surface area contributed by atoms with Gasteiger partial charge in [-0.15, -0.1) is 0 Å². The SMILES string of the molecule is C[C@H](O)[C@H](C)OC(=O)NCc1ccccc1. The van der Waals surface area contributed by atoms with Crippen LogP contribution in [0.1, 0.15) is 19.4 Å². The molecule has 1 rings (SSSR count). The van der Waals surface area contributed by atoms with E-state index in [1.807, 2.05) is 30.3 Å². The van der Waals surface area contributed by atoms with Gasteiger partial charge in [0.25, 0.3) is 0 Å². The molecule has 88 valence electrons. The molecule has 0 bridgehead atoms. The van der Waals surface area contributed by atoms with Crippen molar-refractivity contribution in [3.63, 3.8) is 0 Å². The number of carbonyl (C=O) groups excluding carboxylic acids is 1. The number of ether oxygens (including phenoxy) is 1. The molecule has 0 aliphatic carbocycles. The molecule has 4 heteroatoms. The lowest BCUT2D eigenvalue weighted by Gasteiger charge is -2.16. The van der Waals surface area contributed by atoms with Crippen molar-refractivity contribution in [3.8, 4) is 0 Å². The molecule has 0 spiro atoms. The third kappa shape index (κ3) is 4.31. The number of hydrogen-bond acceptors (Lipinski definition) is 3. The molecule has 0 radical (unpaired) electrons. The highest BCUT2D eigenvalue weighted by Gasteiger charge is 2.13. The van der Waals surface area contributed by atoms with Crippen molar-refractivity contribution in [1.82, 2.24) is 5.32 Å². The Kier molecular flexibility index (Phi) is 4.79. The second kappa shape index (κ2) is 6.12. The average Bonchev–Trinajstić information content (AvgIpc) is 2.27. The van der Waals surface area contributed by atoms with Gasteiger partial charge in [0, 0.05) is 6.54 Å². The van der Waals surface area contributed by atoms with Gasteiger partial charge in [0.15, 0.2) is 0 Å². The number of rotatable bonds is 4. The standard InChI is InChI=1S/C12H17NO3/c1-9(14)10(2)16-12(15)13-8-11-6-4-3-5-7-11/h3-7,9-10,14H,8H2,1-2H3,(H,13,15)/t9-,10-/m0/s1. The molecule has 2 atom stereocenters. The van der Waals surface area contributed by atoms with Crippen LogP contribution in [0, 0.1) is 0 Å². The number of benzene rings is 1. The Hall–Kier alpha value is -1.55. The fraction of sp³-hybridized carbons (Fsp3) is 0.417. The summed E-state index contributed by atoms with van der Waals surface area (Å²) in [5.41, 5.74) is 1.00. The van der Waals surface area contributed by atoms with Gasteiger partial charge in [0.1, 0.15) is 6.10 Å². The van der Waals surface area contributed by atoms with Crippen molar-refractivity contribution < 1.29 is 14.6 Å². The highest BCUT2D eigenvalue weighted by Crippen LogP contribution is 2.00. The summed E-state index contributed by atoms with van der Waals surface area (Å²) in [7, 11) is 0. The third-order valence-electron chi connectivity index (χ3n) is 2.25. The number of aliphatic hydroxyl groups excluding tert-OH is 1. The number of carbonyl (C=O) groups is 1. The summed E-state index contributed by atoms with van der Waals surface area (Å²) in [5.74, 6) is 0. The van der Waals surface area contributed by atoms with Gasteiger partial charge in [-0.1, -0.05) is 30.3 Å². The van der Waals surface area contributed by atoms with E-state index in [0.717, 1.165) is 5.56 Å². The van der Waals surface area contributed by atoms with E-state index in [1.54, 1.807) is 13.8 Å². The van der Waals surface area contributed by atoms with Crippen LogP contribution in [0.2, 0.25) is 0 Å². The van der Waals surface area contributed by atoms with Crippen LogP contribution >= 0.6 is 0 Å². The highest BCUT2D eigenvalue weighted by atomic mass is 16.6. The van der Waals surface area contributed by atoms with Crippen LogP contribution in [0.4, 0.5) is 4.79 Å². The minimum Gasteiger partial charge on any atom is -0.444 e. The van der Waals surface area contributed by atoms with E-state index in [9.17, 15) is 4.79 Å². The second-order valence-corrected chi connectivity index (χ2v) is 3.69. The monoisotopic (exact) mass is 223 g/mol. The molecule has 16 heavy (non-hydrogen) atoms. The van der Waals surface area contributed by atoms with Gasteiger partial charge in [-0.25, -0.2) is 4.79 Å². The minimum absolute atomic E-state index is 0.423. The fourth-order valence-electron chi connectivity index (χ4n) is 1.08. The zero-order chi connectivity index (χ0) is 12.0. The quantitative estimate of drug-likeness (QED) is 0.816. The van der Waals surface area contributed by atoms with Gasteiger partial charge in [-0.2, -0.15) is 0 Å². The zero-order valence-corrected chi connectivity index (χ0v) is 9.51. The fourth-order valence-corrected chi connectivity index (χ4v) is 1.08. The second-order valence-electron chi connectivity index (χ2n) is 3.69. The largest absolute Gasteiger partial charge is 0.444 e. The Morgan fingerprint density at radius 1 is 1.38 bits per heavy atom. The van der Waals surface area contributed by atoms with Gasteiger partial charge >= 0.3 is 6.09 Å². The number of alkyl carbamates (subject to hydrolysis) is 1. The van der Waals surface area contributed by atoms with E-state index in [4.69, 9.17) is 9.84 Å². The molecule has 0 aliphatic heterocycles. The van der Waals surface area contributed by atoms with E-state index < -0.39 is 18.3 Å². The number of hydrogen-bond donors (Lipinski definition) is 2. The van der Waals surface area contributed by atoms with Crippen LogP contribution < -0.4 is 5.32 Å². The highest BCUT2D eigenvalue weighted by molar-refractivity contribution is 5.67. The Morgan fingerprint density at radius 2 is 2.00 bits per heavy atom. The Bertz CT molecular complexity index is 324. The van der Waals surface area contributed by atoms with Gasteiger partial charge in [-0.3, -0.25) is 0 Å². The smallest absolute Gasteiger partial charge is 0.407 e. The molecule has 0 heterocycles. The molecule has 2 N–H and O–H groups in total. The molecule has 0 unspecified atom stereocenters. The molecule has 0 aromatic heterocycles. The number of aliphatic hydroxyl groups is 1. The summed E-state index contributed by atoms with van der Waals surface area (Å²) in [5, 5.41) is 11.8. The van der Waals surface area contributed by atoms with Crippen molar-refractivity contribution >= 4 is 6.09 Å². The summed E-state index contributed by atoms with van der Waals surface area (Å²) in [6.07, 6.45) is -1.68. The Morgan fingerprint density at radius 3 is 2.56 bits per heavy atom. The third-order valence-corrected chi connectivity index (χ3v) is 2.25. The average molecular weight is 223 g/mol. The lowest BCUT2D eigenvalue weighted by atomic mass is 10.2. The van der Waals surface area contributed by atoms with Crippen LogP contribution in [0.3, 0.4) is 0 Å². The van der Waals surface area contributed by atoms with Crippen LogP contribution in [-0.4, -0.2) is 23.4 Å². The van der Waals surface area contributed by atoms with Crippen LogP contribution in [0.5, 0.6) is 0 Å². The number of nitrogens with one attached hydrogen (secondary N) is 1. The summed E-state index contributed by atoms with van der Waals surface area (Å²) in [6, 6.07) is 9.55. The van der Waals surface area contributed by atoms with Gasteiger partial charge in [0.2, 0.25) is 0 Å². The molecule has 0 saturated carbocycles. The van der Waals surface area contributed by atoms with Crippen molar-refractivity contribution in [2.24, 2.45) is 0 Å². The molecule has 0 fully saturated rings. The molecule has 1 amide bonds. The van der Waals surface area contributed by atoms with Gasteiger partial charge in [-0.05, 0) is 19.4 Å². The van der Waals surface area contributed by atoms with E-state index in [-0.39, 0.29) is 0 Å². The Balaban J connectivity index is 2.31. The summed E-state index contributed by atoms with van der Waals surface area (Å²) in [6.45, 7) is 3.65. The first-order valence-corrected chi connectivity index (χ1v) is 5.26. The maximum Gasteiger partial charge on any atom is 0.407 e. The van der Waals surface area contributed by atoms with E-state index >= 15 is 0 Å². The van der Waals surface area contributed by atoms with Crippen molar-refractivity contribution in [3.05, 3.63) is 35.9 Å². The normalized spacial score (nSPS) is 13.9. The van der Waals surface area contributed by atoms with E-state index in [2.05, 4.69) is 5.32 Å². The predicted molar refractivity (Wildman–Crippen MR) is 60.9 cm³/mol. The lowest BCUT2D eigenvalue weighted by Crippen LogP contribution is -2.32. The first kappa shape index (κ1) is 12.5. The van der Waals surface area contributed by atoms with Gasteiger partial charge in [0.05, 0.1) is 6.10 Å². The van der Waals surface area contributed by atoms with Crippen molar-refractivity contribution in [2.45, 2.75) is 32.6 Å². The summed E-state index contributed by atoms with van der Waals surface area (Å²) < 4.78 is 4.93. The first-order chi connectivity index (χ1) is 7.59. The molecule has 1 aromatic rings. The van der Waals surface area contributed by atoms with Crippen LogP contribution in [0.15, 0.2) is 30.3 Å². The maximum absolute atomic E-state index is 11.3. The van der Waals surface area contributed by atoms with Crippen molar-refractivity contribution in [2.75, 3.05) is 0 Å². The summed E-state index contributed by atoms with van der Waals surface area (Å²) in [4.78, 5) is 11.3. The zero-order valence-electron chi connectivity index (χ0n) is 9.51. The molecule has 1 aromatic carbocycles. The van der Waals surface area contributed by atoms with Crippen LogP contribution in [-0.2, 0) is 11.3 Å². The molecule has 4 nitrogen and oxygen atoms in total. The van der Waals surface area contributed by atoms with Crippen LogP contribution in [0.25, 0.3) is 0 Å². The molecule has 0 saturated heterocycles. The molecular weight excluding hydrogens is 206 g/mol. The lowest BCUT2D eigenvalue weighted by molar-refractivity contribution is 0.0222. The van der Waals surface area contributed by atoms with Gasteiger partial charge < -0.3 is 15.2 Å². The Labute approximate surface area is 95.2 Å². The van der Waals surface area contributed by atoms with Crippen molar-refractivity contribution in [1.29, 1.82) is 0 Å². The maximum atomic E-state index is 11.3. The molecule has 0 aliphatic rings.